The lowest BCUT2D eigenvalue weighted by atomic mass is 10.3. The molecule has 0 radical (unpaired) electrons. The van der Waals surface area contributed by atoms with Gasteiger partial charge in [-0.15, -0.1) is 13.2 Å². The number of nitrogens with zero attached hydrogens (tertiary/aromatic N) is 2. The maximum absolute atomic E-state index is 12.0. The molecule has 0 bridgehead atoms. The first-order valence-electron chi connectivity index (χ1n) is 4.38. The Morgan fingerprint density at radius 1 is 1.53 bits per heavy atom. The first kappa shape index (κ1) is 14.5. The summed E-state index contributed by atoms with van der Waals surface area (Å²) in [5.41, 5.74) is -1.06. The molecule has 1 heterocycles. The van der Waals surface area contributed by atoms with E-state index in [0.29, 0.717) is 0 Å². The molecule has 1 rings (SSSR count). The Morgan fingerprint density at radius 2 is 2.11 bits per heavy atom. The number of hydrogen-bond donors (Lipinski definition) is 1. The second kappa shape index (κ2) is 4.96. The van der Waals surface area contributed by atoms with Gasteiger partial charge in [0.05, 0.1) is 13.2 Å². The molecule has 0 atom stereocenters. The van der Waals surface area contributed by atoms with E-state index >= 15 is 0 Å². The third kappa shape index (κ3) is 3.43. The molecule has 8 nitrogen and oxygen atoms in total. The lowest BCUT2D eigenvalue weighted by molar-refractivity contribution is -0.389. The van der Waals surface area contributed by atoms with Gasteiger partial charge in [-0.25, -0.2) is 4.79 Å². The highest BCUT2D eigenvalue weighted by molar-refractivity contribution is 5.91. The van der Waals surface area contributed by atoms with Crippen molar-refractivity contribution in [2.45, 2.75) is 6.36 Å². The lowest BCUT2D eigenvalue weighted by Crippen LogP contribution is -2.18. The second-order valence-electron chi connectivity index (χ2n) is 2.97. The average Bonchev–Trinajstić information content (AvgIpc) is 2.28. The van der Waals surface area contributed by atoms with Gasteiger partial charge in [-0.3, -0.25) is 0 Å². The van der Waals surface area contributed by atoms with Gasteiger partial charge in [0.15, 0.2) is 5.75 Å². The number of aromatic hydroxyl groups is 1. The Kier molecular flexibility index (Phi) is 3.77. The minimum Gasteiger partial charge on any atom is -0.501 e. The normalized spacial score (nSPS) is 10.9. The Labute approximate surface area is 102 Å². The number of aromatic nitrogens is 1. The Bertz CT molecular complexity index is 530. The molecule has 1 N–H and O–H groups in total. The number of carbonyl (C=O) groups excluding carboxylic acids is 1. The summed E-state index contributed by atoms with van der Waals surface area (Å²) in [5, 5.41) is 19.8. The first-order chi connectivity index (χ1) is 8.65. The zero-order valence-corrected chi connectivity index (χ0v) is 9.09. The zero-order chi connectivity index (χ0) is 14.8. The monoisotopic (exact) mass is 282 g/mol. The van der Waals surface area contributed by atoms with Crippen LogP contribution < -0.4 is 4.74 Å². The van der Waals surface area contributed by atoms with Crippen LogP contribution in [0.5, 0.6) is 11.5 Å². The number of ether oxygens (including phenoxy) is 2. The minimum absolute atomic E-state index is 0.231. The Balaban J connectivity index is 3.41. The number of methoxy groups -OCH3 is 1. The summed E-state index contributed by atoms with van der Waals surface area (Å²) >= 11 is 0. The maximum Gasteiger partial charge on any atom is 0.573 e. The topological polar surface area (TPSA) is 112 Å². The van der Waals surface area contributed by atoms with Gasteiger partial charge < -0.3 is 24.7 Å². The number of carbonyl (C=O) groups is 1. The van der Waals surface area contributed by atoms with Crippen LogP contribution in [0.2, 0.25) is 0 Å². The van der Waals surface area contributed by atoms with Crippen molar-refractivity contribution in [1.82, 2.24) is 4.98 Å². The van der Waals surface area contributed by atoms with Crippen LogP contribution in [0.15, 0.2) is 6.07 Å². The van der Waals surface area contributed by atoms with Crippen LogP contribution in [0.25, 0.3) is 0 Å². The predicted molar refractivity (Wildman–Crippen MR) is 50.6 cm³/mol. The van der Waals surface area contributed by atoms with Crippen LogP contribution in [0.3, 0.4) is 0 Å². The molecule has 0 saturated heterocycles. The highest BCUT2D eigenvalue weighted by Crippen LogP contribution is 2.36. The van der Waals surface area contributed by atoms with Crippen LogP contribution >= 0.6 is 0 Å². The number of hydrogen-bond acceptors (Lipinski definition) is 7. The molecular formula is C8H5F3N2O6. The number of alkyl halides is 3. The van der Waals surface area contributed by atoms with Crippen LogP contribution in [-0.4, -0.2) is 34.5 Å². The summed E-state index contributed by atoms with van der Waals surface area (Å²) in [6.07, 6.45) is -5.21. The minimum atomic E-state index is -5.21. The summed E-state index contributed by atoms with van der Waals surface area (Å²) < 4.78 is 43.6. The fraction of sp³-hybridized carbons (Fsp3) is 0.250. The predicted octanol–water partition coefficient (Wildman–Crippen LogP) is 1.38. The zero-order valence-electron chi connectivity index (χ0n) is 9.09. The van der Waals surface area contributed by atoms with Gasteiger partial charge in [0.1, 0.15) is 0 Å². The van der Waals surface area contributed by atoms with Crippen LogP contribution in [0.4, 0.5) is 19.0 Å². The van der Waals surface area contributed by atoms with Crippen molar-refractivity contribution >= 4 is 11.8 Å². The van der Waals surface area contributed by atoms with Crippen molar-refractivity contribution in [3.05, 3.63) is 21.9 Å². The smallest absolute Gasteiger partial charge is 0.501 e. The third-order valence-corrected chi connectivity index (χ3v) is 1.74. The SMILES string of the molecule is COC(=O)c1nc([N+](=O)[O-])cc(OC(F)(F)F)c1O. The van der Waals surface area contributed by atoms with Crippen LogP contribution in [0.1, 0.15) is 10.5 Å². The van der Waals surface area contributed by atoms with Crippen molar-refractivity contribution in [3.8, 4) is 11.5 Å². The van der Waals surface area contributed by atoms with E-state index in [4.69, 9.17) is 0 Å². The fourth-order valence-corrected chi connectivity index (χ4v) is 1.04. The van der Waals surface area contributed by atoms with Crippen molar-refractivity contribution in [3.63, 3.8) is 0 Å². The van der Waals surface area contributed by atoms with Gasteiger partial charge in [-0.2, -0.15) is 0 Å². The molecule has 0 aliphatic heterocycles. The molecule has 0 aliphatic rings. The molecule has 0 aliphatic carbocycles. The first-order valence-corrected chi connectivity index (χ1v) is 4.38. The summed E-state index contributed by atoms with van der Waals surface area (Å²) in [4.78, 5) is 23.5. The van der Waals surface area contributed by atoms with E-state index in [1.54, 1.807) is 0 Å². The molecule has 0 fully saturated rings. The van der Waals surface area contributed by atoms with Gasteiger partial charge in [-0.05, 0) is 9.91 Å². The van der Waals surface area contributed by atoms with Crippen molar-refractivity contribution in [1.29, 1.82) is 0 Å². The van der Waals surface area contributed by atoms with Gasteiger partial charge in [0.25, 0.3) is 0 Å². The van der Waals surface area contributed by atoms with Crippen LogP contribution in [0, 0.1) is 10.1 Å². The third-order valence-electron chi connectivity index (χ3n) is 1.74. The fourth-order valence-electron chi connectivity index (χ4n) is 1.04. The summed E-state index contributed by atoms with van der Waals surface area (Å²) in [7, 11) is 0.854. The van der Waals surface area contributed by atoms with E-state index in [1.807, 2.05) is 0 Å². The highest BCUT2D eigenvalue weighted by Gasteiger charge is 2.36. The highest BCUT2D eigenvalue weighted by atomic mass is 19.4. The van der Waals surface area contributed by atoms with Crippen molar-refractivity contribution in [2.24, 2.45) is 0 Å². The van der Waals surface area contributed by atoms with Gasteiger partial charge in [-0.1, -0.05) is 0 Å². The summed E-state index contributed by atoms with van der Waals surface area (Å²) in [6.45, 7) is 0. The number of nitro groups is 1. The van der Waals surface area contributed by atoms with Crippen molar-refractivity contribution in [2.75, 3.05) is 7.11 Å². The maximum atomic E-state index is 12.0. The molecular weight excluding hydrogens is 277 g/mol. The lowest BCUT2D eigenvalue weighted by Gasteiger charge is -2.10. The van der Waals surface area contributed by atoms with Gasteiger partial charge in [0.2, 0.25) is 5.75 Å². The number of esters is 1. The summed E-state index contributed by atoms with van der Waals surface area (Å²) in [6, 6.07) is 0.231. The van der Waals surface area contributed by atoms with E-state index in [1.165, 1.54) is 0 Å². The summed E-state index contributed by atoms with van der Waals surface area (Å²) in [5.74, 6) is -5.10. The largest absolute Gasteiger partial charge is 0.573 e. The Morgan fingerprint density at radius 3 is 2.53 bits per heavy atom. The molecule has 1 aromatic rings. The molecule has 0 saturated carbocycles. The van der Waals surface area contributed by atoms with Gasteiger partial charge >= 0.3 is 23.8 Å². The molecule has 0 amide bonds. The number of rotatable bonds is 3. The van der Waals surface area contributed by atoms with E-state index in [2.05, 4.69) is 14.5 Å². The second-order valence-corrected chi connectivity index (χ2v) is 2.97. The van der Waals surface area contributed by atoms with E-state index in [9.17, 15) is 33.2 Å². The molecule has 0 unspecified atom stereocenters. The molecule has 11 heteroatoms. The quantitative estimate of drug-likeness (QED) is 0.506. The van der Waals surface area contributed by atoms with E-state index < -0.39 is 40.3 Å². The van der Waals surface area contributed by atoms with Crippen molar-refractivity contribution < 1.29 is 37.5 Å². The molecule has 1 aromatic heterocycles. The van der Waals surface area contributed by atoms with Crippen LogP contribution in [-0.2, 0) is 4.74 Å². The molecule has 19 heavy (non-hydrogen) atoms. The molecule has 104 valence electrons. The number of pyridine rings is 1. The number of halogens is 3. The standard InChI is InChI=1S/C8H5F3N2O6/c1-18-7(15)5-6(14)3(19-8(9,10)11)2-4(12-5)13(16)17/h2,14H,1H3. The molecule has 0 spiro atoms. The van der Waals surface area contributed by atoms with Gasteiger partial charge in [0, 0.05) is 0 Å². The average molecular weight is 282 g/mol. The van der Waals surface area contributed by atoms with E-state index in [-0.39, 0.29) is 6.07 Å². The van der Waals surface area contributed by atoms with E-state index in [0.717, 1.165) is 7.11 Å². The Hall–Kier alpha value is -2.59. The molecule has 0 aromatic carbocycles.